The van der Waals surface area contributed by atoms with E-state index in [9.17, 15) is 0 Å². The van der Waals surface area contributed by atoms with Gasteiger partial charge in [-0.05, 0) is 42.7 Å². The summed E-state index contributed by atoms with van der Waals surface area (Å²) in [5, 5.41) is 0. The van der Waals surface area contributed by atoms with Crippen molar-refractivity contribution >= 4 is 0 Å². The van der Waals surface area contributed by atoms with Crippen molar-refractivity contribution in [3.8, 4) is 0 Å². The SMILES string of the molecule is CC(C)c1ncc(CN2C[C@H]3CC[C@@H]2CN(C2Cc4ccccc4C2)C3)cn1. The second kappa shape index (κ2) is 7.57. The van der Waals surface area contributed by atoms with E-state index in [1.165, 1.54) is 50.9 Å². The van der Waals surface area contributed by atoms with Crippen molar-refractivity contribution in [3.63, 3.8) is 0 Å². The van der Waals surface area contributed by atoms with Crippen LogP contribution in [-0.2, 0) is 19.4 Å². The average molecular weight is 377 g/mol. The predicted molar refractivity (Wildman–Crippen MR) is 112 cm³/mol. The Morgan fingerprint density at radius 2 is 1.64 bits per heavy atom. The van der Waals surface area contributed by atoms with E-state index in [-0.39, 0.29) is 0 Å². The molecule has 3 aliphatic heterocycles. The highest BCUT2D eigenvalue weighted by Gasteiger charge is 2.38. The van der Waals surface area contributed by atoms with Crippen LogP contribution in [0.25, 0.3) is 0 Å². The molecule has 6 rings (SSSR count). The monoisotopic (exact) mass is 376 g/mol. The molecular weight excluding hydrogens is 344 g/mol. The van der Waals surface area contributed by atoms with Gasteiger partial charge in [-0.15, -0.1) is 0 Å². The van der Waals surface area contributed by atoms with Crippen molar-refractivity contribution in [2.45, 2.75) is 64.1 Å². The predicted octanol–water partition coefficient (Wildman–Crippen LogP) is 3.66. The fourth-order valence-electron chi connectivity index (χ4n) is 5.48. The maximum Gasteiger partial charge on any atom is 0.130 e. The molecule has 1 aromatic carbocycles. The van der Waals surface area contributed by atoms with Crippen LogP contribution in [0.4, 0.5) is 0 Å². The minimum absolute atomic E-state index is 0.396. The molecule has 0 unspecified atom stereocenters. The van der Waals surface area contributed by atoms with Crippen LogP contribution < -0.4 is 0 Å². The van der Waals surface area contributed by atoms with Crippen LogP contribution in [0.5, 0.6) is 0 Å². The maximum atomic E-state index is 4.58. The molecule has 2 aromatic rings. The van der Waals surface area contributed by atoms with Crippen LogP contribution in [0.1, 0.15) is 55.1 Å². The normalized spacial score (nSPS) is 26.0. The van der Waals surface area contributed by atoms with Crippen LogP contribution >= 0.6 is 0 Å². The van der Waals surface area contributed by atoms with Gasteiger partial charge in [-0.2, -0.15) is 0 Å². The number of aromatic nitrogens is 2. The van der Waals surface area contributed by atoms with E-state index in [1.54, 1.807) is 11.1 Å². The van der Waals surface area contributed by atoms with Gasteiger partial charge >= 0.3 is 0 Å². The van der Waals surface area contributed by atoms with E-state index in [0.717, 1.165) is 18.3 Å². The molecule has 3 saturated heterocycles. The highest BCUT2D eigenvalue weighted by atomic mass is 15.3. The molecule has 4 heteroatoms. The van der Waals surface area contributed by atoms with Crippen molar-refractivity contribution in [1.29, 1.82) is 0 Å². The van der Waals surface area contributed by atoms with E-state index in [2.05, 4.69) is 57.9 Å². The average Bonchev–Trinajstić information content (AvgIpc) is 2.93. The summed E-state index contributed by atoms with van der Waals surface area (Å²) in [4.78, 5) is 14.7. The standard InChI is InChI=1S/C24H32N4/c1-17(2)24-25-11-19(12-26-24)15-27-13-18-7-8-22(27)16-28(14-18)23-9-20-5-3-4-6-21(20)10-23/h3-6,11-12,17-18,22-23H,7-10,13-16H2,1-2H3/t18-,22-/m1/s1. The third-order valence-electron chi connectivity index (χ3n) is 7.03. The number of rotatable bonds is 4. The minimum atomic E-state index is 0.396. The molecule has 1 aromatic heterocycles. The van der Waals surface area contributed by atoms with E-state index in [4.69, 9.17) is 0 Å². The number of piperidine rings is 1. The molecule has 28 heavy (non-hydrogen) atoms. The second-order valence-electron chi connectivity index (χ2n) is 9.42. The summed E-state index contributed by atoms with van der Waals surface area (Å²) >= 11 is 0. The molecule has 0 radical (unpaired) electrons. The molecular formula is C24H32N4. The van der Waals surface area contributed by atoms with Crippen LogP contribution in [0.2, 0.25) is 0 Å². The Morgan fingerprint density at radius 1 is 0.929 bits per heavy atom. The molecule has 0 spiro atoms. The quantitative estimate of drug-likeness (QED) is 0.815. The Bertz CT molecular complexity index is 791. The highest BCUT2D eigenvalue weighted by molar-refractivity contribution is 5.33. The topological polar surface area (TPSA) is 32.3 Å². The van der Waals surface area contributed by atoms with Crippen LogP contribution in [0, 0.1) is 5.92 Å². The van der Waals surface area contributed by atoms with Crippen molar-refractivity contribution in [2.24, 2.45) is 5.92 Å². The van der Waals surface area contributed by atoms with Gasteiger partial charge in [0.25, 0.3) is 0 Å². The summed E-state index contributed by atoms with van der Waals surface area (Å²) in [6, 6.07) is 10.4. The van der Waals surface area contributed by atoms with Gasteiger partial charge in [0.1, 0.15) is 5.82 Å². The zero-order valence-corrected chi connectivity index (χ0v) is 17.2. The molecule has 148 valence electrons. The molecule has 4 nitrogen and oxygen atoms in total. The first-order valence-corrected chi connectivity index (χ1v) is 11.0. The highest BCUT2D eigenvalue weighted by Crippen LogP contribution is 2.33. The molecule has 2 bridgehead atoms. The summed E-state index contributed by atoms with van der Waals surface area (Å²) in [6.07, 6.45) is 9.30. The van der Waals surface area contributed by atoms with E-state index in [1.807, 2.05) is 12.4 Å². The van der Waals surface area contributed by atoms with Gasteiger partial charge in [0.2, 0.25) is 0 Å². The summed E-state index contributed by atoms with van der Waals surface area (Å²) in [6.45, 7) is 9.02. The molecule has 0 N–H and O–H groups in total. The number of benzene rings is 1. The maximum absolute atomic E-state index is 4.58. The van der Waals surface area contributed by atoms with E-state index < -0.39 is 0 Å². The molecule has 0 saturated carbocycles. The minimum Gasteiger partial charge on any atom is -0.298 e. The lowest BCUT2D eigenvalue weighted by atomic mass is 9.94. The number of fused-ring (bicyclic) bond motifs is 5. The van der Waals surface area contributed by atoms with Gasteiger partial charge in [-0.25, -0.2) is 9.97 Å². The largest absolute Gasteiger partial charge is 0.298 e. The van der Waals surface area contributed by atoms with Crippen molar-refractivity contribution in [1.82, 2.24) is 19.8 Å². The van der Waals surface area contributed by atoms with Crippen LogP contribution in [-0.4, -0.2) is 51.5 Å². The first-order valence-electron chi connectivity index (χ1n) is 11.0. The van der Waals surface area contributed by atoms with Crippen LogP contribution in [0.3, 0.4) is 0 Å². The zero-order chi connectivity index (χ0) is 19.1. The molecule has 0 amide bonds. The lowest BCUT2D eigenvalue weighted by Crippen LogP contribution is -2.44. The summed E-state index contributed by atoms with van der Waals surface area (Å²) in [5.41, 5.74) is 4.41. The number of hydrogen-bond donors (Lipinski definition) is 0. The lowest BCUT2D eigenvalue weighted by Gasteiger charge is -2.36. The summed E-state index contributed by atoms with van der Waals surface area (Å²) in [5.74, 6) is 2.15. The second-order valence-corrected chi connectivity index (χ2v) is 9.42. The van der Waals surface area contributed by atoms with E-state index in [0.29, 0.717) is 18.0 Å². The third kappa shape index (κ3) is 3.60. The fourth-order valence-corrected chi connectivity index (χ4v) is 5.48. The number of hydrogen-bond acceptors (Lipinski definition) is 4. The molecule has 1 aliphatic carbocycles. The molecule has 3 fully saturated rings. The Balaban J connectivity index is 1.27. The molecule has 4 aliphatic rings. The first-order chi connectivity index (χ1) is 13.7. The Kier molecular flexibility index (Phi) is 4.93. The van der Waals surface area contributed by atoms with Gasteiger partial charge in [0, 0.05) is 62.1 Å². The third-order valence-corrected chi connectivity index (χ3v) is 7.03. The van der Waals surface area contributed by atoms with Gasteiger partial charge in [0.05, 0.1) is 0 Å². The summed E-state index contributed by atoms with van der Waals surface area (Å²) < 4.78 is 0. The van der Waals surface area contributed by atoms with Gasteiger partial charge < -0.3 is 0 Å². The van der Waals surface area contributed by atoms with Gasteiger partial charge in [0.15, 0.2) is 0 Å². The smallest absolute Gasteiger partial charge is 0.130 e. The molecule has 4 heterocycles. The zero-order valence-electron chi connectivity index (χ0n) is 17.2. The summed E-state index contributed by atoms with van der Waals surface area (Å²) in [7, 11) is 0. The van der Waals surface area contributed by atoms with Crippen molar-refractivity contribution < 1.29 is 0 Å². The Morgan fingerprint density at radius 3 is 2.32 bits per heavy atom. The van der Waals surface area contributed by atoms with Gasteiger partial charge in [-0.1, -0.05) is 38.1 Å². The lowest BCUT2D eigenvalue weighted by molar-refractivity contribution is 0.120. The Hall–Kier alpha value is -1.78. The molecule has 2 atom stereocenters. The fraction of sp³-hybridized carbons (Fsp3) is 0.583. The number of nitrogens with zero attached hydrogens (tertiary/aromatic N) is 4. The van der Waals surface area contributed by atoms with Crippen molar-refractivity contribution in [2.75, 3.05) is 19.6 Å². The first kappa shape index (κ1) is 18.3. The van der Waals surface area contributed by atoms with Crippen LogP contribution in [0.15, 0.2) is 36.7 Å². The van der Waals surface area contributed by atoms with Crippen molar-refractivity contribution in [3.05, 3.63) is 59.2 Å². The van der Waals surface area contributed by atoms with E-state index >= 15 is 0 Å². The van der Waals surface area contributed by atoms with Gasteiger partial charge in [-0.3, -0.25) is 9.80 Å². The Labute approximate surface area is 169 Å².